The van der Waals surface area contributed by atoms with Crippen LogP contribution in [0.1, 0.15) is 37.4 Å². The Morgan fingerprint density at radius 1 is 1.11 bits per heavy atom. The minimum atomic E-state index is -4.87. The fourth-order valence-corrected chi connectivity index (χ4v) is 3.96. The van der Waals surface area contributed by atoms with Gasteiger partial charge in [0.15, 0.2) is 0 Å². The first-order valence-corrected chi connectivity index (χ1v) is 11.3. The number of alkyl halides is 5. The summed E-state index contributed by atoms with van der Waals surface area (Å²) in [6.45, 7) is 1.82. The number of anilines is 1. The van der Waals surface area contributed by atoms with E-state index in [1.54, 1.807) is 18.1 Å². The predicted molar refractivity (Wildman–Crippen MR) is 126 cm³/mol. The van der Waals surface area contributed by atoms with Crippen LogP contribution in [0.15, 0.2) is 52.6 Å². The molecule has 0 aliphatic rings. The Balaban J connectivity index is 1.47. The van der Waals surface area contributed by atoms with Crippen LogP contribution < -0.4 is 16.4 Å². The van der Waals surface area contributed by atoms with E-state index in [1.165, 1.54) is 16.8 Å². The van der Waals surface area contributed by atoms with Crippen molar-refractivity contribution in [2.75, 3.05) is 5.32 Å². The molecule has 0 bridgehead atoms. The number of benzene rings is 1. The number of hydrogen-bond acceptors (Lipinski definition) is 6. The van der Waals surface area contributed by atoms with Crippen molar-refractivity contribution >= 4 is 16.5 Å². The average Bonchev–Trinajstić information content (AvgIpc) is 2.85. The molecule has 0 radical (unpaired) electrons. The lowest BCUT2D eigenvalue weighted by atomic mass is 10.1. The van der Waals surface area contributed by atoms with Crippen LogP contribution in [0.5, 0.6) is 0 Å². The Morgan fingerprint density at radius 3 is 2.53 bits per heavy atom. The first kappa shape index (κ1) is 26.8. The van der Waals surface area contributed by atoms with Crippen LogP contribution >= 0.6 is 0 Å². The normalized spacial score (nSPS) is 12.7. The molecule has 1 atom stereocenters. The summed E-state index contributed by atoms with van der Waals surface area (Å²) in [5.41, 5.74) is -4.17. The van der Waals surface area contributed by atoms with Gasteiger partial charge in [-0.2, -0.15) is 18.3 Å². The third kappa shape index (κ3) is 5.68. The highest BCUT2D eigenvalue weighted by Crippen LogP contribution is 2.32. The van der Waals surface area contributed by atoms with E-state index in [2.05, 4.69) is 20.4 Å². The zero-order chi connectivity index (χ0) is 27.6. The third-order valence-corrected chi connectivity index (χ3v) is 5.81. The number of H-pyrrole nitrogens is 1. The summed E-state index contributed by atoms with van der Waals surface area (Å²) in [5, 5.41) is 8.30. The SMILES string of the molecule is C[C@@H](CCCn1ccc2cc(-c3cnc(C(F)F)cn3)c(F)cc2c1=O)Nc1cn[nH]c(=O)c1C(F)(F)F. The van der Waals surface area contributed by atoms with Crippen molar-refractivity contribution in [3.05, 3.63) is 80.8 Å². The van der Waals surface area contributed by atoms with Crippen molar-refractivity contribution in [2.24, 2.45) is 0 Å². The topological polar surface area (TPSA) is 106 Å². The van der Waals surface area contributed by atoms with Gasteiger partial charge in [-0.25, -0.2) is 18.3 Å². The standard InChI is InChI=1S/C24H20F6N6O2/c1-12(34-18-11-33-35-22(37)20(18)24(28,29)30)3-2-5-36-6-4-13-7-15(16(25)8-14(13)23(36)38)17-9-32-19(10-31-17)21(26)27/h4,6-12,21H,2-3,5H2,1H3,(H2,34,35,37)/t12-/m0/s1. The fraction of sp³-hybridized carbons (Fsp3) is 0.292. The Morgan fingerprint density at radius 2 is 1.87 bits per heavy atom. The first-order valence-electron chi connectivity index (χ1n) is 11.3. The lowest BCUT2D eigenvalue weighted by molar-refractivity contribution is -0.138. The van der Waals surface area contributed by atoms with Crippen LogP contribution in [0.25, 0.3) is 22.0 Å². The molecule has 3 heterocycles. The maximum atomic E-state index is 14.8. The van der Waals surface area contributed by atoms with Crippen molar-refractivity contribution in [3.63, 3.8) is 0 Å². The molecule has 0 fully saturated rings. The highest BCUT2D eigenvalue weighted by molar-refractivity contribution is 5.86. The zero-order valence-corrected chi connectivity index (χ0v) is 19.7. The Kier molecular flexibility index (Phi) is 7.51. The van der Waals surface area contributed by atoms with Crippen molar-refractivity contribution < 1.29 is 26.3 Å². The highest BCUT2D eigenvalue weighted by atomic mass is 19.4. The van der Waals surface area contributed by atoms with Crippen LogP contribution in [-0.2, 0) is 12.7 Å². The second-order valence-corrected chi connectivity index (χ2v) is 8.53. The van der Waals surface area contributed by atoms with Gasteiger partial charge in [0.05, 0.1) is 35.4 Å². The molecular formula is C24H20F6N6O2. The molecule has 0 spiro atoms. The molecule has 0 saturated carbocycles. The molecule has 0 aliphatic heterocycles. The quantitative estimate of drug-likeness (QED) is 0.309. The summed E-state index contributed by atoms with van der Waals surface area (Å²) in [6, 6.07) is 3.50. The van der Waals surface area contributed by atoms with Crippen molar-refractivity contribution in [1.82, 2.24) is 24.7 Å². The molecule has 200 valence electrons. The predicted octanol–water partition coefficient (Wildman–Crippen LogP) is 4.92. The maximum absolute atomic E-state index is 14.8. The molecule has 0 unspecified atom stereocenters. The largest absolute Gasteiger partial charge is 0.423 e. The number of nitrogens with zero attached hydrogens (tertiary/aromatic N) is 4. The molecule has 0 aliphatic carbocycles. The Hall–Kier alpha value is -4.23. The Bertz CT molecular complexity index is 1570. The number of aryl methyl sites for hydroxylation is 1. The summed E-state index contributed by atoms with van der Waals surface area (Å²) in [7, 11) is 0. The second-order valence-electron chi connectivity index (χ2n) is 8.53. The van der Waals surface area contributed by atoms with Crippen LogP contribution in [0, 0.1) is 5.82 Å². The fourth-order valence-electron chi connectivity index (χ4n) is 3.96. The molecule has 1 aromatic carbocycles. The summed E-state index contributed by atoms with van der Waals surface area (Å²) >= 11 is 0. The number of rotatable bonds is 8. The van der Waals surface area contributed by atoms with E-state index in [4.69, 9.17) is 0 Å². The van der Waals surface area contributed by atoms with E-state index >= 15 is 0 Å². The van der Waals surface area contributed by atoms with Crippen molar-refractivity contribution in [2.45, 2.75) is 45.0 Å². The van der Waals surface area contributed by atoms with Gasteiger partial charge in [-0.15, -0.1) is 0 Å². The van der Waals surface area contributed by atoms with E-state index in [0.717, 1.165) is 24.7 Å². The van der Waals surface area contributed by atoms with Gasteiger partial charge >= 0.3 is 6.18 Å². The van der Waals surface area contributed by atoms with E-state index < -0.39 is 52.5 Å². The second kappa shape index (κ2) is 10.6. The number of fused-ring (bicyclic) bond motifs is 1. The van der Waals surface area contributed by atoms with Gasteiger partial charge in [0.1, 0.15) is 17.1 Å². The number of nitrogens with one attached hydrogen (secondary N) is 2. The van der Waals surface area contributed by atoms with Crippen LogP contribution in [0.4, 0.5) is 32.0 Å². The Labute approximate surface area is 210 Å². The van der Waals surface area contributed by atoms with E-state index in [0.29, 0.717) is 18.2 Å². The smallest absolute Gasteiger partial charge is 0.381 e. The van der Waals surface area contributed by atoms with Gasteiger partial charge in [0.2, 0.25) is 0 Å². The molecule has 4 rings (SSSR count). The number of pyridine rings is 1. The molecular weight excluding hydrogens is 518 g/mol. The number of hydrogen-bond donors (Lipinski definition) is 2. The molecule has 38 heavy (non-hydrogen) atoms. The maximum Gasteiger partial charge on any atom is 0.423 e. The average molecular weight is 538 g/mol. The lowest BCUT2D eigenvalue weighted by Crippen LogP contribution is -2.27. The number of aromatic amines is 1. The van der Waals surface area contributed by atoms with Gasteiger partial charge in [-0.1, -0.05) is 0 Å². The van der Waals surface area contributed by atoms with Crippen molar-refractivity contribution in [3.8, 4) is 11.3 Å². The van der Waals surface area contributed by atoms with E-state index in [-0.39, 0.29) is 23.2 Å². The minimum Gasteiger partial charge on any atom is -0.381 e. The zero-order valence-electron chi connectivity index (χ0n) is 19.7. The van der Waals surface area contributed by atoms with Crippen LogP contribution in [-0.4, -0.2) is 30.8 Å². The van der Waals surface area contributed by atoms with Crippen molar-refractivity contribution in [1.29, 1.82) is 0 Å². The summed E-state index contributed by atoms with van der Waals surface area (Å²) in [5.74, 6) is -0.781. The summed E-state index contributed by atoms with van der Waals surface area (Å²) < 4.78 is 81.2. The first-order chi connectivity index (χ1) is 18.0. The van der Waals surface area contributed by atoms with Gasteiger partial charge < -0.3 is 9.88 Å². The van der Waals surface area contributed by atoms with Gasteiger partial charge in [0.25, 0.3) is 17.5 Å². The molecule has 3 aromatic heterocycles. The van der Waals surface area contributed by atoms with Gasteiger partial charge in [0, 0.05) is 24.3 Å². The van der Waals surface area contributed by atoms with E-state index in [1.807, 2.05) is 0 Å². The van der Waals surface area contributed by atoms with E-state index in [9.17, 15) is 35.9 Å². The highest BCUT2D eigenvalue weighted by Gasteiger charge is 2.37. The van der Waals surface area contributed by atoms with Crippen LogP contribution in [0.2, 0.25) is 0 Å². The lowest BCUT2D eigenvalue weighted by Gasteiger charge is -2.18. The molecule has 4 aromatic rings. The number of halogens is 6. The van der Waals surface area contributed by atoms with Gasteiger partial charge in [-0.3, -0.25) is 19.6 Å². The number of aromatic nitrogens is 5. The molecule has 8 nitrogen and oxygen atoms in total. The molecule has 14 heteroatoms. The molecule has 2 N–H and O–H groups in total. The minimum absolute atomic E-state index is 0.00432. The third-order valence-electron chi connectivity index (χ3n) is 5.81. The summed E-state index contributed by atoms with van der Waals surface area (Å²) in [4.78, 5) is 31.9. The monoisotopic (exact) mass is 538 g/mol. The molecule has 0 amide bonds. The summed E-state index contributed by atoms with van der Waals surface area (Å²) in [6.07, 6.45) is -2.69. The van der Waals surface area contributed by atoms with Gasteiger partial charge in [-0.05, 0) is 43.4 Å². The van der Waals surface area contributed by atoms with Crippen LogP contribution in [0.3, 0.4) is 0 Å². The molecule has 0 saturated heterocycles.